The molecule has 2 aromatic rings. The predicted molar refractivity (Wildman–Crippen MR) is 145 cm³/mol. The van der Waals surface area contributed by atoms with Crippen LogP contribution in [0.4, 0.5) is 11.4 Å². The average molecular weight is 449 g/mol. The van der Waals surface area contributed by atoms with Gasteiger partial charge in [0.25, 0.3) is 5.91 Å². The van der Waals surface area contributed by atoms with Crippen molar-refractivity contribution >= 4 is 42.1 Å². The molecule has 0 saturated carbocycles. The Bertz CT molecular complexity index is 931. The maximum absolute atomic E-state index is 12.8. The molecule has 0 radical (unpaired) electrons. The number of anilines is 2. The molecule has 4 heteroatoms. The van der Waals surface area contributed by atoms with E-state index in [0.717, 1.165) is 53.9 Å². The van der Waals surface area contributed by atoms with Gasteiger partial charge in [0.15, 0.2) is 0 Å². The molecule has 0 fully saturated rings. The molecule has 32 heavy (non-hydrogen) atoms. The van der Waals surface area contributed by atoms with E-state index in [-0.39, 0.29) is 5.91 Å². The second-order valence-electron chi connectivity index (χ2n) is 7.96. The third-order valence-electron chi connectivity index (χ3n) is 5.30. The zero-order chi connectivity index (χ0) is 23.3. The van der Waals surface area contributed by atoms with Gasteiger partial charge < -0.3 is 10.6 Å². The molecule has 0 aliphatic carbocycles. The Hall–Kier alpha value is -2.72. The van der Waals surface area contributed by atoms with E-state index in [1.54, 1.807) is 6.08 Å². The average Bonchev–Trinajstić information content (AvgIpc) is 2.78. The number of unbranched alkanes of at least 4 members (excludes halogenated alkanes) is 1. The van der Waals surface area contributed by atoms with E-state index in [4.69, 9.17) is 0 Å². The van der Waals surface area contributed by atoms with Gasteiger partial charge in [0.05, 0.1) is 0 Å². The summed E-state index contributed by atoms with van der Waals surface area (Å²) in [4.78, 5) is 12.8. The summed E-state index contributed by atoms with van der Waals surface area (Å²) >= 11 is 4.62. The van der Waals surface area contributed by atoms with Crippen LogP contribution >= 0.6 is 12.6 Å². The monoisotopic (exact) mass is 448 g/mol. The Labute approximate surface area is 199 Å². The first-order chi connectivity index (χ1) is 15.5. The highest BCUT2D eigenvalue weighted by Gasteiger charge is 2.10. The molecule has 0 bridgehead atoms. The lowest BCUT2D eigenvalue weighted by Crippen LogP contribution is -2.13. The van der Waals surface area contributed by atoms with Crippen molar-refractivity contribution in [3.8, 4) is 0 Å². The fourth-order valence-electron chi connectivity index (χ4n) is 3.58. The number of thiol groups is 1. The van der Waals surface area contributed by atoms with Gasteiger partial charge in [-0.1, -0.05) is 63.3 Å². The van der Waals surface area contributed by atoms with E-state index in [1.807, 2.05) is 61.5 Å². The highest BCUT2D eigenvalue weighted by Crippen LogP contribution is 2.24. The number of rotatable bonds is 13. The predicted octanol–water partition coefficient (Wildman–Crippen LogP) is 8.20. The van der Waals surface area contributed by atoms with Gasteiger partial charge in [-0.05, 0) is 68.5 Å². The van der Waals surface area contributed by atoms with E-state index in [1.165, 1.54) is 12.8 Å². The van der Waals surface area contributed by atoms with Gasteiger partial charge in [-0.2, -0.15) is 12.6 Å². The van der Waals surface area contributed by atoms with Crippen LogP contribution in [0.2, 0.25) is 0 Å². The number of benzene rings is 2. The highest BCUT2D eigenvalue weighted by atomic mass is 32.1. The van der Waals surface area contributed by atoms with Crippen LogP contribution in [0.25, 0.3) is 12.2 Å². The van der Waals surface area contributed by atoms with E-state index < -0.39 is 0 Å². The van der Waals surface area contributed by atoms with Crippen molar-refractivity contribution in [1.29, 1.82) is 0 Å². The summed E-state index contributed by atoms with van der Waals surface area (Å²) < 4.78 is 0. The topological polar surface area (TPSA) is 41.1 Å². The molecule has 2 N–H and O–H groups in total. The zero-order valence-corrected chi connectivity index (χ0v) is 20.3. The summed E-state index contributed by atoms with van der Waals surface area (Å²) in [7, 11) is 0. The summed E-state index contributed by atoms with van der Waals surface area (Å²) in [6.45, 7) is 12.1. The molecule has 1 amide bonds. The van der Waals surface area contributed by atoms with Crippen molar-refractivity contribution in [3.63, 3.8) is 0 Å². The first-order valence-electron chi connectivity index (χ1n) is 11.4. The third kappa shape index (κ3) is 8.08. The van der Waals surface area contributed by atoms with E-state index >= 15 is 0 Å². The van der Waals surface area contributed by atoms with E-state index in [0.29, 0.717) is 10.8 Å². The molecule has 0 aliphatic rings. The Kier molecular flexibility index (Phi) is 10.9. The lowest BCUT2D eigenvalue weighted by atomic mass is 10.0. The minimum atomic E-state index is -0.143. The van der Waals surface area contributed by atoms with E-state index in [9.17, 15) is 4.79 Å². The largest absolute Gasteiger partial charge is 0.359 e. The van der Waals surface area contributed by atoms with Crippen LogP contribution in [0, 0.1) is 0 Å². The number of carbonyl (C=O) groups is 1. The van der Waals surface area contributed by atoms with Crippen LogP contribution in [0.1, 0.15) is 73.9 Å². The van der Waals surface area contributed by atoms with Gasteiger partial charge in [0.2, 0.25) is 0 Å². The molecule has 1 atom stereocenters. The van der Waals surface area contributed by atoms with Gasteiger partial charge >= 0.3 is 0 Å². The van der Waals surface area contributed by atoms with Crippen molar-refractivity contribution in [1.82, 2.24) is 0 Å². The van der Waals surface area contributed by atoms with Crippen LogP contribution in [0.15, 0.2) is 67.4 Å². The van der Waals surface area contributed by atoms with Crippen molar-refractivity contribution < 1.29 is 4.79 Å². The maximum Gasteiger partial charge on any atom is 0.255 e. The number of allylic oxidation sites excluding steroid dienone is 2. The minimum Gasteiger partial charge on any atom is -0.359 e. The number of carbonyl (C=O) groups excluding carboxylic acids is 1. The van der Waals surface area contributed by atoms with Crippen molar-refractivity contribution in [3.05, 3.63) is 84.1 Å². The van der Waals surface area contributed by atoms with Gasteiger partial charge in [-0.25, -0.2) is 0 Å². The van der Waals surface area contributed by atoms with Crippen molar-refractivity contribution in [2.24, 2.45) is 0 Å². The molecule has 2 rings (SSSR count). The Morgan fingerprint density at radius 1 is 1.09 bits per heavy atom. The number of nitrogens with one attached hydrogen (secondary N) is 2. The van der Waals surface area contributed by atoms with Crippen LogP contribution in [0.3, 0.4) is 0 Å². The van der Waals surface area contributed by atoms with Gasteiger partial charge in [0.1, 0.15) is 0 Å². The van der Waals surface area contributed by atoms with Crippen molar-refractivity contribution in [2.45, 2.75) is 57.6 Å². The summed E-state index contributed by atoms with van der Waals surface area (Å²) in [5.74, 6) is -0.143. The second-order valence-corrected chi connectivity index (χ2v) is 8.69. The summed E-state index contributed by atoms with van der Waals surface area (Å²) in [5, 5.41) is 6.87. The molecule has 0 spiro atoms. The van der Waals surface area contributed by atoms with Gasteiger partial charge in [-0.3, -0.25) is 4.79 Å². The van der Waals surface area contributed by atoms with Crippen LogP contribution < -0.4 is 10.6 Å². The van der Waals surface area contributed by atoms with Gasteiger partial charge in [0, 0.05) is 33.4 Å². The molecule has 2 aromatic carbocycles. The number of hydrogen-bond donors (Lipinski definition) is 3. The molecule has 0 heterocycles. The summed E-state index contributed by atoms with van der Waals surface area (Å²) in [6.07, 6.45) is 12.4. The van der Waals surface area contributed by atoms with E-state index in [2.05, 4.69) is 43.3 Å². The fourth-order valence-corrected chi connectivity index (χ4v) is 4.03. The van der Waals surface area contributed by atoms with Crippen molar-refractivity contribution in [2.75, 3.05) is 10.6 Å². The van der Waals surface area contributed by atoms with Crippen LogP contribution in [-0.2, 0) is 0 Å². The molecular formula is C28H36N2OS. The first kappa shape index (κ1) is 25.5. The van der Waals surface area contributed by atoms with Crippen LogP contribution in [0.5, 0.6) is 0 Å². The Morgan fingerprint density at radius 3 is 2.50 bits per heavy atom. The summed E-state index contributed by atoms with van der Waals surface area (Å²) in [5.41, 5.74) is 5.23. The van der Waals surface area contributed by atoms with Crippen LogP contribution in [-0.4, -0.2) is 11.2 Å². The smallest absolute Gasteiger partial charge is 0.255 e. The quantitative estimate of drug-likeness (QED) is 0.213. The molecule has 3 nitrogen and oxygen atoms in total. The zero-order valence-electron chi connectivity index (χ0n) is 19.4. The van der Waals surface area contributed by atoms with Gasteiger partial charge in [-0.15, -0.1) is 0 Å². The fraction of sp³-hybridized carbons (Fsp3) is 0.321. The minimum absolute atomic E-state index is 0.143. The molecule has 0 saturated heterocycles. The lowest BCUT2D eigenvalue weighted by Gasteiger charge is -2.13. The molecule has 1 unspecified atom stereocenters. The Balaban J connectivity index is 1.90. The molecule has 0 aromatic heterocycles. The number of amides is 1. The second kappa shape index (κ2) is 13.6. The molecule has 170 valence electrons. The SMILES string of the molecule is C=Cc1cccc(NC(=O)c2ccc(NC(=C)CCCCC(S)CCC)cc2)c1/C=C\C. The lowest BCUT2D eigenvalue weighted by molar-refractivity contribution is 0.102. The summed E-state index contributed by atoms with van der Waals surface area (Å²) in [6, 6.07) is 13.3. The molecule has 0 aliphatic heterocycles. The highest BCUT2D eigenvalue weighted by molar-refractivity contribution is 7.80. The molecular weight excluding hydrogens is 412 g/mol. The third-order valence-corrected chi connectivity index (χ3v) is 5.81. The number of hydrogen-bond acceptors (Lipinski definition) is 3. The first-order valence-corrected chi connectivity index (χ1v) is 11.9. The Morgan fingerprint density at radius 2 is 1.84 bits per heavy atom. The normalized spacial score (nSPS) is 11.8. The maximum atomic E-state index is 12.8. The standard InChI is InChI=1S/C28H36N2OS/c1-5-11-25(32)15-9-8-13-21(4)29-24-19-17-23(18-20-24)28(31)30-27-16-10-14-22(7-3)26(27)12-6-2/h6-7,10,12,14,16-20,25,29,32H,3-5,8-9,11,13,15H2,1-2H3,(H,30,31)/b12-6-.